The van der Waals surface area contributed by atoms with Crippen molar-refractivity contribution in [1.82, 2.24) is 14.8 Å². The van der Waals surface area contributed by atoms with E-state index in [9.17, 15) is 4.79 Å². The predicted molar refractivity (Wildman–Crippen MR) is 95.4 cm³/mol. The molecular weight excluding hydrogens is 320 g/mol. The SMILES string of the molecule is CCn1c(SC(C(N)=O)c2ccccc2)nnc1-c1ccccc1. The van der Waals surface area contributed by atoms with Crippen molar-refractivity contribution in [2.24, 2.45) is 5.73 Å². The first kappa shape index (κ1) is 16.3. The van der Waals surface area contributed by atoms with E-state index in [-0.39, 0.29) is 0 Å². The molecule has 122 valence electrons. The molecule has 0 bridgehead atoms. The first-order valence-electron chi connectivity index (χ1n) is 7.70. The Bertz CT molecular complexity index is 818. The topological polar surface area (TPSA) is 73.8 Å². The lowest BCUT2D eigenvalue weighted by Crippen LogP contribution is -2.19. The van der Waals surface area contributed by atoms with Crippen molar-refractivity contribution in [1.29, 1.82) is 0 Å². The van der Waals surface area contributed by atoms with Gasteiger partial charge in [-0.3, -0.25) is 4.79 Å². The molecule has 3 rings (SSSR count). The smallest absolute Gasteiger partial charge is 0.235 e. The van der Waals surface area contributed by atoms with Crippen LogP contribution in [0.4, 0.5) is 0 Å². The fraction of sp³-hybridized carbons (Fsp3) is 0.167. The van der Waals surface area contributed by atoms with Gasteiger partial charge in [0.25, 0.3) is 0 Å². The number of nitrogens with zero attached hydrogens (tertiary/aromatic N) is 3. The zero-order valence-corrected chi connectivity index (χ0v) is 14.1. The molecule has 0 fully saturated rings. The number of aromatic nitrogens is 3. The summed E-state index contributed by atoms with van der Waals surface area (Å²) < 4.78 is 2.00. The molecular formula is C18H18N4OS. The third kappa shape index (κ3) is 3.33. The van der Waals surface area contributed by atoms with Crippen molar-refractivity contribution in [3.05, 3.63) is 66.2 Å². The van der Waals surface area contributed by atoms with Crippen LogP contribution in [0.2, 0.25) is 0 Å². The second-order valence-electron chi connectivity index (χ2n) is 5.23. The van der Waals surface area contributed by atoms with Crippen molar-refractivity contribution in [2.75, 3.05) is 0 Å². The van der Waals surface area contributed by atoms with Gasteiger partial charge in [0.15, 0.2) is 11.0 Å². The van der Waals surface area contributed by atoms with E-state index in [1.165, 1.54) is 11.8 Å². The van der Waals surface area contributed by atoms with Gasteiger partial charge in [-0.05, 0) is 12.5 Å². The maximum Gasteiger partial charge on any atom is 0.235 e. The van der Waals surface area contributed by atoms with Crippen LogP contribution >= 0.6 is 11.8 Å². The van der Waals surface area contributed by atoms with Gasteiger partial charge in [0.1, 0.15) is 5.25 Å². The van der Waals surface area contributed by atoms with Crippen LogP contribution in [0.3, 0.4) is 0 Å². The zero-order chi connectivity index (χ0) is 16.9. The minimum atomic E-state index is -0.496. The molecule has 1 amide bonds. The lowest BCUT2D eigenvalue weighted by molar-refractivity contribution is -0.117. The monoisotopic (exact) mass is 338 g/mol. The number of nitrogens with two attached hydrogens (primary N) is 1. The molecule has 0 aliphatic rings. The number of carbonyl (C=O) groups is 1. The summed E-state index contributed by atoms with van der Waals surface area (Å²) in [6, 6.07) is 19.4. The summed E-state index contributed by atoms with van der Waals surface area (Å²) in [4.78, 5) is 11.9. The van der Waals surface area contributed by atoms with Crippen LogP contribution in [-0.4, -0.2) is 20.7 Å². The molecule has 1 unspecified atom stereocenters. The van der Waals surface area contributed by atoms with Gasteiger partial charge in [-0.1, -0.05) is 72.4 Å². The van der Waals surface area contributed by atoms with Gasteiger partial charge in [-0.15, -0.1) is 10.2 Å². The van der Waals surface area contributed by atoms with E-state index in [1.54, 1.807) is 0 Å². The Balaban J connectivity index is 1.95. The van der Waals surface area contributed by atoms with E-state index < -0.39 is 11.2 Å². The Kier molecular flexibility index (Phi) is 4.96. The number of hydrogen-bond donors (Lipinski definition) is 1. The average molecular weight is 338 g/mol. The molecule has 2 N–H and O–H groups in total. The summed E-state index contributed by atoms with van der Waals surface area (Å²) in [7, 11) is 0. The molecule has 0 aliphatic heterocycles. The Hall–Kier alpha value is -2.60. The van der Waals surface area contributed by atoms with E-state index >= 15 is 0 Å². The van der Waals surface area contributed by atoms with Crippen molar-refractivity contribution < 1.29 is 4.79 Å². The van der Waals surface area contributed by atoms with Gasteiger partial charge >= 0.3 is 0 Å². The summed E-state index contributed by atoms with van der Waals surface area (Å²) in [5.74, 6) is 0.398. The number of carbonyl (C=O) groups excluding carboxylic acids is 1. The molecule has 2 aromatic carbocycles. The van der Waals surface area contributed by atoms with Crippen LogP contribution in [0.1, 0.15) is 17.7 Å². The van der Waals surface area contributed by atoms with Crippen LogP contribution in [0.5, 0.6) is 0 Å². The highest BCUT2D eigenvalue weighted by Gasteiger charge is 2.23. The van der Waals surface area contributed by atoms with Crippen LogP contribution in [0.15, 0.2) is 65.8 Å². The van der Waals surface area contributed by atoms with Gasteiger partial charge in [-0.25, -0.2) is 0 Å². The Morgan fingerprint density at radius 1 is 1.08 bits per heavy atom. The molecule has 0 saturated carbocycles. The quantitative estimate of drug-likeness (QED) is 0.700. The van der Waals surface area contributed by atoms with E-state index in [4.69, 9.17) is 5.73 Å². The Labute approximate surface area is 144 Å². The molecule has 0 spiro atoms. The van der Waals surface area contributed by atoms with Crippen LogP contribution in [-0.2, 0) is 11.3 Å². The molecule has 0 aliphatic carbocycles. The fourth-order valence-electron chi connectivity index (χ4n) is 2.49. The van der Waals surface area contributed by atoms with E-state index in [0.29, 0.717) is 11.7 Å². The third-order valence-electron chi connectivity index (χ3n) is 3.65. The molecule has 1 atom stereocenters. The van der Waals surface area contributed by atoms with Gasteiger partial charge in [-0.2, -0.15) is 0 Å². The van der Waals surface area contributed by atoms with Crippen molar-refractivity contribution in [2.45, 2.75) is 23.9 Å². The zero-order valence-electron chi connectivity index (χ0n) is 13.3. The summed E-state index contributed by atoms with van der Waals surface area (Å²) in [5.41, 5.74) is 7.47. The van der Waals surface area contributed by atoms with Crippen LogP contribution in [0.25, 0.3) is 11.4 Å². The highest BCUT2D eigenvalue weighted by molar-refractivity contribution is 8.00. The summed E-state index contributed by atoms with van der Waals surface area (Å²) in [6.07, 6.45) is 0. The van der Waals surface area contributed by atoms with E-state index in [2.05, 4.69) is 10.2 Å². The standard InChI is InChI=1S/C18H18N4OS/c1-2-22-17(14-11-7-4-8-12-14)20-21-18(22)24-15(16(19)23)13-9-5-3-6-10-13/h3-12,15H,2H2,1H3,(H2,19,23). The molecule has 0 radical (unpaired) electrons. The molecule has 3 aromatic rings. The summed E-state index contributed by atoms with van der Waals surface area (Å²) in [5, 5.41) is 8.77. The lowest BCUT2D eigenvalue weighted by atomic mass is 10.1. The number of benzene rings is 2. The minimum absolute atomic E-state index is 0.391. The number of primary amides is 1. The Morgan fingerprint density at radius 2 is 1.71 bits per heavy atom. The summed E-state index contributed by atoms with van der Waals surface area (Å²) >= 11 is 1.33. The highest BCUT2D eigenvalue weighted by atomic mass is 32.2. The largest absolute Gasteiger partial charge is 0.368 e. The van der Waals surface area contributed by atoms with Crippen molar-refractivity contribution >= 4 is 17.7 Å². The lowest BCUT2D eigenvalue weighted by Gasteiger charge is -2.14. The molecule has 24 heavy (non-hydrogen) atoms. The second kappa shape index (κ2) is 7.31. The second-order valence-corrected chi connectivity index (χ2v) is 6.30. The Morgan fingerprint density at radius 3 is 2.29 bits per heavy atom. The molecule has 0 saturated heterocycles. The first-order valence-corrected chi connectivity index (χ1v) is 8.58. The number of thioether (sulfide) groups is 1. The van der Waals surface area contributed by atoms with Gasteiger partial charge in [0.05, 0.1) is 0 Å². The molecule has 1 heterocycles. The molecule has 1 aromatic heterocycles. The summed E-state index contributed by atoms with van der Waals surface area (Å²) in [6.45, 7) is 2.74. The van der Waals surface area contributed by atoms with Gasteiger partial charge in [0, 0.05) is 12.1 Å². The average Bonchev–Trinajstić information content (AvgIpc) is 3.03. The number of amides is 1. The van der Waals surface area contributed by atoms with E-state index in [1.807, 2.05) is 72.2 Å². The normalized spacial score (nSPS) is 12.0. The van der Waals surface area contributed by atoms with Crippen LogP contribution in [0, 0.1) is 0 Å². The number of rotatable bonds is 6. The van der Waals surface area contributed by atoms with Crippen molar-refractivity contribution in [3.8, 4) is 11.4 Å². The van der Waals surface area contributed by atoms with Gasteiger partial charge in [0.2, 0.25) is 5.91 Å². The maximum absolute atomic E-state index is 11.9. The predicted octanol–water partition coefficient (Wildman–Crippen LogP) is 3.28. The van der Waals surface area contributed by atoms with Crippen LogP contribution < -0.4 is 5.73 Å². The molecule has 5 nitrogen and oxygen atoms in total. The van der Waals surface area contributed by atoms with Crippen molar-refractivity contribution in [3.63, 3.8) is 0 Å². The van der Waals surface area contributed by atoms with E-state index in [0.717, 1.165) is 17.0 Å². The minimum Gasteiger partial charge on any atom is -0.368 e. The maximum atomic E-state index is 11.9. The molecule has 6 heteroatoms. The van der Waals surface area contributed by atoms with Gasteiger partial charge < -0.3 is 10.3 Å². The third-order valence-corrected chi connectivity index (χ3v) is 4.90. The first-order chi connectivity index (χ1) is 11.7. The highest BCUT2D eigenvalue weighted by Crippen LogP contribution is 2.35. The number of hydrogen-bond acceptors (Lipinski definition) is 4. The fourth-order valence-corrected chi connectivity index (χ4v) is 3.54.